The standard InChI is InChI=1S/C16H19N5O3S/c17-14(22)11-7-12(25-15(11)21-16(18)23)9-1-2-13(20-8-9)24-10-3-5-19-6-4-10/h1-2,7-8,10,19H,3-6H2,(H2,17,22)(H3,18,21,23). The Balaban J connectivity index is 1.77. The van der Waals surface area contributed by atoms with E-state index in [-0.39, 0.29) is 11.7 Å². The van der Waals surface area contributed by atoms with Gasteiger partial charge in [0.1, 0.15) is 11.1 Å². The predicted molar refractivity (Wildman–Crippen MR) is 95.8 cm³/mol. The first-order valence-electron chi connectivity index (χ1n) is 7.87. The number of primary amides is 2. The van der Waals surface area contributed by atoms with Gasteiger partial charge in [-0.15, -0.1) is 11.3 Å². The molecule has 2 aromatic heterocycles. The number of aromatic nitrogens is 1. The molecular weight excluding hydrogens is 342 g/mol. The molecule has 3 amide bonds. The zero-order valence-corrected chi connectivity index (χ0v) is 14.3. The summed E-state index contributed by atoms with van der Waals surface area (Å²) in [5.74, 6) is -0.0668. The van der Waals surface area contributed by atoms with E-state index in [2.05, 4.69) is 15.6 Å². The summed E-state index contributed by atoms with van der Waals surface area (Å²) < 4.78 is 5.87. The lowest BCUT2D eigenvalue weighted by molar-refractivity contribution is 0.100. The number of carbonyl (C=O) groups is 2. The van der Waals surface area contributed by atoms with E-state index in [1.54, 1.807) is 18.3 Å². The van der Waals surface area contributed by atoms with Crippen molar-refractivity contribution in [2.75, 3.05) is 18.4 Å². The van der Waals surface area contributed by atoms with Crippen molar-refractivity contribution in [1.29, 1.82) is 0 Å². The van der Waals surface area contributed by atoms with Crippen LogP contribution in [0.4, 0.5) is 9.80 Å². The molecule has 1 aliphatic heterocycles. The molecule has 1 aliphatic rings. The Morgan fingerprint density at radius 3 is 2.64 bits per heavy atom. The van der Waals surface area contributed by atoms with Crippen molar-refractivity contribution in [3.8, 4) is 16.3 Å². The van der Waals surface area contributed by atoms with Gasteiger partial charge in [-0.2, -0.15) is 0 Å². The Bertz CT molecular complexity index is 769. The number of urea groups is 1. The number of piperidine rings is 1. The maximum Gasteiger partial charge on any atom is 0.317 e. The number of anilines is 1. The summed E-state index contributed by atoms with van der Waals surface area (Å²) in [5, 5.41) is 6.03. The summed E-state index contributed by atoms with van der Waals surface area (Å²) in [5.41, 5.74) is 11.5. The number of pyridine rings is 1. The molecule has 0 atom stereocenters. The largest absolute Gasteiger partial charge is 0.474 e. The van der Waals surface area contributed by atoms with E-state index < -0.39 is 11.9 Å². The predicted octanol–water partition coefficient (Wildman–Crippen LogP) is 1.53. The van der Waals surface area contributed by atoms with Crippen molar-refractivity contribution < 1.29 is 14.3 Å². The highest BCUT2D eigenvalue weighted by Crippen LogP contribution is 2.35. The van der Waals surface area contributed by atoms with Crippen molar-refractivity contribution in [2.24, 2.45) is 11.5 Å². The average Bonchev–Trinajstić information content (AvgIpc) is 3.00. The van der Waals surface area contributed by atoms with Crippen LogP contribution in [0.1, 0.15) is 23.2 Å². The highest BCUT2D eigenvalue weighted by atomic mass is 32.1. The molecule has 0 radical (unpaired) electrons. The quantitative estimate of drug-likeness (QED) is 0.641. The topological polar surface area (TPSA) is 132 Å². The number of nitrogens with zero attached hydrogens (tertiary/aromatic N) is 1. The van der Waals surface area contributed by atoms with Gasteiger partial charge in [-0.25, -0.2) is 9.78 Å². The van der Waals surface area contributed by atoms with Crippen molar-refractivity contribution in [3.63, 3.8) is 0 Å². The molecule has 0 unspecified atom stereocenters. The molecule has 3 rings (SSSR count). The van der Waals surface area contributed by atoms with E-state index in [0.29, 0.717) is 10.9 Å². The highest BCUT2D eigenvalue weighted by molar-refractivity contribution is 7.20. The van der Waals surface area contributed by atoms with Crippen LogP contribution < -0.4 is 26.8 Å². The number of ether oxygens (including phenoxy) is 1. The fourth-order valence-electron chi connectivity index (χ4n) is 2.60. The third-order valence-corrected chi connectivity index (χ3v) is 4.93. The molecule has 0 bridgehead atoms. The first-order valence-corrected chi connectivity index (χ1v) is 8.68. The Morgan fingerprint density at radius 2 is 2.04 bits per heavy atom. The van der Waals surface area contributed by atoms with Gasteiger partial charge in [0.2, 0.25) is 5.88 Å². The van der Waals surface area contributed by atoms with Crippen molar-refractivity contribution >= 4 is 28.3 Å². The third kappa shape index (κ3) is 4.25. The average molecular weight is 361 g/mol. The summed E-state index contributed by atoms with van der Waals surface area (Å²) >= 11 is 1.21. The lowest BCUT2D eigenvalue weighted by atomic mass is 10.1. The Kier molecular flexibility index (Phi) is 5.15. The maximum atomic E-state index is 11.5. The van der Waals surface area contributed by atoms with Crippen LogP contribution in [-0.2, 0) is 0 Å². The molecule has 0 saturated carbocycles. The van der Waals surface area contributed by atoms with E-state index in [1.165, 1.54) is 11.3 Å². The summed E-state index contributed by atoms with van der Waals surface area (Å²) in [6, 6.07) is 4.51. The van der Waals surface area contributed by atoms with Gasteiger partial charge in [0, 0.05) is 22.7 Å². The second-order valence-corrected chi connectivity index (χ2v) is 6.71. The van der Waals surface area contributed by atoms with Crippen LogP contribution in [0, 0.1) is 0 Å². The van der Waals surface area contributed by atoms with Gasteiger partial charge in [0.25, 0.3) is 5.91 Å². The van der Waals surface area contributed by atoms with E-state index in [9.17, 15) is 9.59 Å². The summed E-state index contributed by atoms with van der Waals surface area (Å²) in [4.78, 5) is 27.7. The Labute approximate surface area is 148 Å². The van der Waals surface area contributed by atoms with Gasteiger partial charge in [-0.3, -0.25) is 10.1 Å². The number of nitrogens with two attached hydrogens (primary N) is 2. The fraction of sp³-hybridized carbons (Fsp3) is 0.312. The summed E-state index contributed by atoms with van der Waals surface area (Å²) in [7, 11) is 0. The highest BCUT2D eigenvalue weighted by Gasteiger charge is 2.17. The molecule has 0 aromatic carbocycles. The number of nitrogens with one attached hydrogen (secondary N) is 2. The number of amides is 3. The molecule has 1 fully saturated rings. The zero-order valence-electron chi connectivity index (χ0n) is 13.5. The van der Waals surface area contributed by atoms with Crippen LogP contribution in [0.5, 0.6) is 5.88 Å². The van der Waals surface area contributed by atoms with Crippen LogP contribution in [0.2, 0.25) is 0 Å². The van der Waals surface area contributed by atoms with Gasteiger partial charge in [-0.1, -0.05) is 0 Å². The third-order valence-electron chi connectivity index (χ3n) is 3.83. The second kappa shape index (κ2) is 7.49. The molecular formula is C16H19N5O3S. The number of hydrogen-bond acceptors (Lipinski definition) is 6. The monoisotopic (exact) mass is 361 g/mol. The van der Waals surface area contributed by atoms with E-state index in [0.717, 1.165) is 36.4 Å². The lowest BCUT2D eigenvalue weighted by Gasteiger charge is -2.23. The van der Waals surface area contributed by atoms with Crippen LogP contribution in [-0.4, -0.2) is 36.1 Å². The van der Waals surface area contributed by atoms with Gasteiger partial charge < -0.3 is 21.5 Å². The van der Waals surface area contributed by atoms with E-state index >= 15 is 0 Å². The van der Waals surface area contributed by atoms with Gasteiger partial charge in [0.15, 0.2) is 0 Å². The normalized spacial score (nSPS) is 14.9. The number of rotatable bonds is 5. The van der Waals surface area contributed by atoms with Gasteiger partial charge >= 0.3 is 6.03 Å². The van der Waals surface area contributed by atoms with Crippen molar-refractivity contribution in [3.05, 3.63) is 30.0 Å². The minimum absolute atomic E-state index is 0.175. The van der Waals surface area contributed by atoms with Gasteiger partial charge in [-0.05, 0) is 38.1 Å². The smallest absolute Gasteiger partial charge is 0.317 e. The molecule has 3 heterocycles. The SMILES string of the molecule is NC(=O)Nc1sc(-c2ccc(OC3CCNCC3)nc2)cc1C(N)=O. The molecule has 9 heteroatoms. The Morgan fingerprint density at radius 1 is 1.28 bits per heavy atom. The van der Waals surface area contributed by atoms with Crippen molar-refractivity contribution in [2.45, 2.75) is 18.9 Å². The molecule has 8 nitrogen and oxygen atoms in total. The van der Waals surface area contributed by atoms with E-state index in [1.807, 2.05) is 6.07 Å². The molecule has 132 valence electrons. The molecule has 0 aliphatic carbocycles. The first kappa shape index (κ1) is 17.2. The molecule has 1 saturated heterocycles. The summed E-state index contributed by atoms with van der Waals surface area (Å²) in [6.45, 7) is 1.90. The zero-order chi connectivity index (χ0) is 17.8. The fourth-order valence-corrected chi connectivity index (χ4v) is 3.66. The van der Waals surface area contributed by atoms with Crippen molar-refractivity contribution in [1.82, 2.24) is 10.3 Å². The lowest BCUT2D eigenvalue weighted by Crippen LogP contribution is -2.34. The van der Waals surface area contributed by atoms with Crippen LogP contribution in [0.3, 0.4) is 0 Å². The number of carbonyl (C=O) groups excluding carboxylic acids is 2. The van der Waals surface area contributed by atoms with Crippen LogP contribution >= 0.6 is 11.3 Å². The molecule has 0 spiro atoms. The molecule has 2 aromatic rings. The number of hydrogen-bond donors (Lipinski definition) is 4. The van der Waals surface area contributed by atoms with Crippen LogP contribution in [0.25, 0.3) is 10.4 Å². The first-order chi connectivity index (χ1) is 12.0. The minimum atomic E-state index is -0.750. The van der Waals surface area contributed by atoms with Crippen LogP contribution in [0.15, 0.2) is 24.4 Å². The molecule has 25 heavy (non-hydrogen) atoms. The minimum Gasteiger partial charge on any atom is -0.474 e. The second-order valence-electron chi connectivity index (χ2n) is 5.66. The Hall–Kier alpha value is -2.65. The molecule has 6 N–H and O–H groups in total. The summed E-state index contributed by atoms with van der Waals surface area (Å²) in [6.07, 6.45) is 3.76. The van der Waals surface area contributed by atoms with E-state index in [4.69, 9.17) is 16.2 Å². The maximum absolute atomic E-state index is 11.5. The number of thiophene rings is 1. The van der Waals surface area contributed by atoms with Gasteiger partial charge in [0.05, 0.1) is 5.56 Å².